The summed E-state index contributed by atoms with van der Waals surface area (Å²) >= 11 is 0. The second-order valence-electron chi connectivity index (χ2n) is 8.65. The zero-order chi connectivity index (χ0) is 20.6. The second-order valence-corrected chi connectivity index (χ2v) is 8.65. The van der Waals surface area contributed by atoms with Crippen LogP contribution in [0.1, 0.15) is 37.6 Å². The van der Waals surface area contributed by atoms with Gasteiger partial charge < -0.3 is 14.6 Å². The number of hydrogen-bond acceptors (Lipinski definition) is 5. The van der Waals surface area contributed by atoms with E-state index in [0.717, 1.165) is 13.1 Å². The van der Waals surface area contributed by atoms with Crippen LogP contribution >= 0.6 is 0 Å². The van der Waals surface area contributed by atoms with Crippen LogP contribution in [0.5, 0.6) is 5.88 Å². The lowest BCUT2D eigenvalue weighted by atomic mass is 9.91. The van der Waals surface area contributed by atoms with Gasteiger partial charge in [0.05, 0.1) is 24.5 Å². The summed E-state index contributed by atoms with van der Waals surface area (Å²) in [5.41, 5.74) is 1.47. The largest absolute Gasteiger partial charge is 0.471 e. The molecule has 0 amide bonds. The quantitative estimate of drug-likeness (QED) is 0.833. The fourth-order valence-corrected chi connectivity index (χ4v) is 4.08. The molecular weight excluding hydrogens is 371 g/mol. The molecular formula is C23H29FN2O3. The smallest absolute Gasteiger partial charge is 0.213 e. The van der Waals surface area contributed by atoms with Crippen LogP contribution in [0.2, 0.25) is 0 Å². The highest BCUT2D eigenvalue weighted by molar-refractivity contribution is 5.30. The predicted molar refractivity (Wildman–Crippen MR) is 108 cm³/mol. The van der Waals surface area contributed by atoms with Crippen molar-refractivity contribution in [2.75, 3.05) is 13.2 Å². The van der Waals surface area contributed by atoms with Crippen molar-refractivity contribution in [2.45, 2.75) is 57.8 Å². The highest BCUT2D eigenvalue weighted by Crippen LogP contribution is 2.29. The van der Waals surface area contributed by atoms with E-state index in [2.05, 4.69) is 34.1 Å². The van der Waals surface area contributed by atoms with Gasteiger partial charge in [-0.15, -0.1) is 0 Å². The van der Waals surface area contributed by atoms with Crippen molar-refractivity contribution < 1.29 is 19.0 Å². The van der Waals surface area contributed by atoms with E-state index >= 15 is 0 Å². The molecule has 1 fully saturated rings. The second kappa shape index (κ2) is 8.01. The van der Waals surface area contributed by atoms with E-state index < -0.39 is 11.8 Å². The molecule has 1 N–H and O–H groups in total. The molecule has 3 heterocycles. The summed E-state index contributed by atoms with van der Waals surface area (Å²) in [5, 5.41) is 10.8. The van der Waals surface area contributed by atoms with Gasteiger partial charge in [0, 0.05) is 31.6 Å². The molecule has 4 atom stereocenters. The van der Waals surface area contributed by atoms with Crippen molar-refractivity contribution in [3.63, 3.8) is 0 Å². The van der Waals surface area contributed by atoms with Crippen LogP contribution in [-0.2, 0) is 23.5 Å². The number of benzene rings is 1. The van der Waals surface area contributed by atoms with Gasteiger partial charge in [-0.1, -0.05) is 37.3 Å². The van der Waals surface area contributed by atoms with Gasteiger partial charge in [-0.2, -0.15) is 0 Å². The average Bonchev–Trinajstić information content (AvgIpc) is 3.10. The summed E-state index contributed by atoms with van der Waals surface area (Å²) in [6.45, 7) is 7.71. The van der Waals surface area contributed by atoms with Gasteiger partial charge in [-0.25, -0.2) is 9.37 Å². The fraction of sp³-hybridized carbons (Fsp3) is 0.522. The average molecular weight is 400 g/mol. The van der Waals surface area contributed by atoms with Gasteiger partial charge in [0.1, 0.15) is 11.8 Å². The number of aromatic nitrogens is 1. The first kappa shape index (κ1) is 20.3. The molecule has 1 aromatic heterocycles. The summed E-state index contributed by atoms with van der Waals surface area (Å²) in [5.74, 6) is 0.233. The Morgan fingerprint density at radius 1 is 1.17 bits per heavy atom. The van der Waals surface area contributed by atoms with Crippen LogP contribution < -0.4 is 4.74 Å². The first-order chi connectivity index (χ1) is 13.8. The zero-order valence-corrected chi connectivity index (χ0v) is 17.2. The number of nitrogens with zero attached hydrogens (tertiary/aromatic N) is 2. The summed E-state index contributed by atoms with van der Waals surface area (Å²) in [6.07, 6.45) is -1.23. The van der Waals surface area contributed by atoms with Crippen LogP contribution in [0.25, 0.3) is 0 Å². The SMILES string of the molecule is C[C@H]1[C@@H](O)[C@@H](CN2Cc3ccccc3C2)OC[C@@H]1Oc1cccc(C(C)(C)F)n1. The monoisotopic (exact) mass is 400 g/mol. The van der Waals surface area contributed by atoms with Crippen LogP contribution in [-0.4, -0.2) is 46.5 Å². The van der Waals surface area contributed by atoms with Gasteiger partial charge in [0.2, 0.25) is 5.88 Å². The normalized spacial score (nSPS) is 27.6. The molecule has 0 radical (unpaired) electrons. The van der Waals surface area contributed by atoms with Gasteiger partial charge in [0.15, 0.2) is 0 Å². The minimum atomic E-state index is -1.54. The van der Waals surface area contributed by atoms with Crippen molar-refractivity contribution in [2.24, 2.45) is 5.92 Å². The van der Waals surface area contributed by atoms with E-state index in [1.807, 2.05) is 6.92 Å². The van der Waals surface area contributed by atoms with E-state index in [1.165, 1.54) is 25.0 Å². The highest BCUT2D eigenvalue weighted by Gasteiger charge is 2.39. The Morgan fingerprint density at radius 2 is 1.86 bits per heavy atom. The molecule has 4 rings (SSSR count). The van der Waals surface area contributed by atoms with Crippen molar-refractivity contribution >= 4 is 0 Å². The van der Waals surface area contributed by atoms with Crippen LogP contribution in [0, 0.1) is 5.92 Å². The molecule has 2 aliphatic rings. The van der Waals surface area contributed by atoms with Crippen molar-refractivity contribution in [3.8, 4) is 5.88 Å². The van der Waals surface area contributed by atoms with Crippen LogP contribution in [0.3, 0.4) is 0 Å². The third-order valence-electron chi connectivity index (χ3n) is 5.93. The van der Waals surface area contributed by atoms with Gasteiger partial charge in [-0.05, 0) is 31.0 Å². The lowest BCUT2D eigenvalue weighted by Crippen LogP contribution is -2.53. The molecule has 2 aromatic rings. The van der Waals surface area contributed by atoms with Crippen molar-refractivity contribution in [1.29, 1.82) is 0 Å². The maximum atomic E-state index is 14.2. The number of rotatable bonds is 5. The molecule has 156 valence electrons. The maximum Gasteiger partial charge on any atom is 0.213 e. The molecule has 5 nitrogen and oxygen atoms in total. The molecule has 1 saturated heterocycles. The number of aliphatic hydroxyl groups is 1. The minimum absolute atomic E-state index is 0.123. The van der Waals surface area contributed by atoms with E-state index in [4.69, 9.17) is 9.47 Å². The fourth-order valence-electron chi connectivity index (χ4n) is 4.08. The summed E-state index contributed by atoms with van der Waals surface area (Å²) in [6, 6.07) is 13.5. The van der Waals surface area contributed by atoms with E-state index in [-0.39, 0.29) is 18.1 Å². The molecule has 2 aliphatic heterocycles. The Kier molecular flexibility index (Phi) is 5.60. The number of halogens is 1. The standard InChI is InChI=1S/C23H29FN2O3/c1-15-19(29-21-10-6-9-20(25-21)23(2,3)24)14-28-18(22(15)27)13-26-11-16-7-4-5-8-17(16)12-26/h4-10,15,18-19,22,27H,11-14H2,1-3H3/t15-,18-,19+,22-/m1/s1. The Hall–Kier alpha value is -2.02. The molecule has 6 heteroatoms. The topological polar surface area (TPSA) is 54.8 Å². The third kappa shape index (κ3) is 4.44. The molecule has 29 heavy (non-hydrogen) atoms. The van der Waals surface area contributed by atoms with Gasteiger partial charge in [-0.3, -0.25) is 4.90 Å². The predicted octanol–water partition coefficient (Wildman–Crippen LogP) is 3.45. The highest BCUT2D eigenvalue weighted by atomic mass is 19.1. The Balaban J connectivity index is 1.36. The maximum absolute atomic E-state index is 14.2. The minimum Gasteiger partial charge on any atom is -0.471 e. The summed E-state index contributed by atoms with van der Waals surface area (Å²) in [4.78, 5) is 6.59. The summed E-state index contributed by atoms with van der Waals surface area (Å²) < 4.78 is 26.1. The number of alkyl halides is 1. The number of aliphatic hydroxyl groups excluding tert-OH is 1. The number of ether oxygens (including phenoxy) is 2. The van der Waals surface area contributed by atoms with E-state index in [1.54, 1.807) is 18.2 Å². The number of fused-ring (bicyclic) bond motifs is 1. The summed E-state index contributed by atoms with van der Waals surface area (Å²) in [7, 11) is 0. The van der Waals surface area contributed by atoms with Crippen molar-refractivity contribution in [3.05, 3.63) is 59.3 Å². The molecule has 0 spiro atoms. The number of pyridine rings is 1. The lowest BCUT2D eigenvalue weighted by molar-refractivity contribution is -0.154. The van der Waals surface area contributed by atoms with Crippen LogP contribution in [0.15, 0.2) is 42.5 Å². The molecule has 0 bridgehead atoms. The zero-order valence-electron chi connectivity index (χ0n) is 17.2. The first-order valence-corrected chi connectivity index (χ1v) is 10.2. The van der Waals surface area contributed by atoms with Gasteiger partial charge in [0.25, 0.3) is 0 Å². The third-order valence-corrected chi connectivity index (χ3v) is 5.93. The Morgan fingerprint density at radius 3 is 2.52 bits per heavy atom. The van der Waals surface area contributed by atoms with Crippen molar-refractivity contribution in [1.82, 2.24) is 9.88 Å². The first-order valence-electron chi connectivity index (χ1n) is 10.2. The molecule has 0 saturated carbocycles. The lowest BCUT2D eigenvalue weighted by Gasteiger charge is -2.39. The Bertz CT molecular complexity index is 829. The van der Waals surface area contributed by atoms with E-state index in [0.29, 0.717) is 24.7 Å². The van der Waals surface area contributed by atoms with Crippen LogP contribution in [0.4, 0.5) is 4.39 Å². The number of hydrogen-bond donors (Lipinski definition) is 1. The molecule has 0 unspecified atom stereocenters. The molecule has 1 aromatic carbocycles. The molecule has 0 aliphatic carbocycles. The van der Waals surface area contributed by atoms with E-state index in [9.17, 15) is 9.50 Å². The Labute approximate surface area is 171 Å². The van der Waals surface area contributed by atoms with Gasteiger partial charge >= 0.3 is 0 Å².